The molecule has 1 aromatic rings. The molecule has 0 radical (unpaired) electrons. The number of rotatable bonds is 4. The van der Waals surface area contributed by atoms with Crippen molar-refractivity contribution >= 4 is 17.7 Å². The van der Waals surface area contributed by atoms with E-state index in [1.807, 2.05) is 11.8 Å². The summed E-state index contributed by atoms with van der Waals surface area (Å²) in [6.07, 6.45) is 2.55. The summed E-state index contributed by atoms with van der Waals surface area (Å²) in [5.74, 6) is 2.03. The van der Waals surface area contributed by atoms with E-state index in [0.29, 0.717) is 12.1 Å². The van der Waals surface area contributed by atoms with E-state index in [9.17, 15) is 9.59 Å². The maximum atomic E-state index is 12.3. The number of nitrogens with one attached hydrogen (secondary N) is 2. The highest BCUT2D eigenvalue weighted by Crippen LogP contribution is 2.33. The van der Waals surface area contributed by atoms with Crippen LogP contribution in [-0.4, -0.2) is 65.7 Å². The van der Waals surface area contributed by atoms with Crippen molar-refractivity contribution in [2.75, 3.05) is 44.4 Å². The van der Waals surface area contributed by atoms with E-state index < -0.39 is 0 Å². The number of H-pyrrole nitrogens is 1. The molecule has 120 valence electrons. The van der Waals surface area contributed by atoms with Gasteiger partial charge in [-0.1, -0.05) is 0 Å². The topological polar surface area (TPSA) is 74.4 Å². The molecule has 0 aromatic carbocycles. The van der Waals surface area contributed by atoms with Crippen LogP contribution >= 0.6 is 11.8 Å². The molecule has 2 N–H and O–H groups in total. The highest BCUT2D eigenvalue weighted by Gasteiger charge is 2.40. The normalized spacial score (nSPS) is 26.0. The van der Waals surface area contributed by atoms with Crippen molar-refractivity contribution < 1.29 is 9.53 Å². The molecule has 1 amide bonds. The predicted octanol–water partition coefficient (Wildman–Crippen LogP) is 0.313. The molecule has 2 fully saturated rings. The number of aromatic nitrogens is 1. The summed E-state index contributed by atoms with van der Waals surface area (Å²) in [7, 11) is 0. The Morgan fingerprint density at radius 3 is 2.86 bits per heavy atom. The minimum atomic E-state index is -0.200. The molecule has 0 bridgehead atoms. The highest BCUT2D eigenvalue weighted by molar-refractivity contribution is 7.99. The quantitative estimate of drug-likeness (QED) is 0.834. The maximum absolute atomic E-state index is 12.3. The first-order valence-corrected chi connectivity index (χ1v) is 8.73. The van der Waals surface area contributed by atoms with Crippen LogP contribution in [0.2, 0.25) is 0 Å². The van der Waals surface area contributed by atoms with E-state index in [1.54, 1.807) is 6.07 Å². The van der Waals surface area contributed by atoms with E-state index >= 15 is 0 Å². The smallest absolute Gasteiger partial charge is 0.252 e. The minimum absolute atomic E-state index is 0.0340. The fourth-order valence-electron chi connectivity index (χ4n) is 3.03. The van der Waals surface area contributed by atoms with Crippen molar-refractivity contribution in [2.45, 2.75) is 12.0 Å². The number of thioether (sulfide) groups is 1. The standard InChI is InChI=1S/C15H21N3O3S/c19-13-2-1-12(9-16-13)14(20)17-10-15(3-8-22-11-15)18-4-6-21-7-5-18/h1-2,9H,3-8,10-11H2,(H,16,19)(H,17,20). The largest absolute Gasteiger partial charge is 0.379 e. The van der Waals surface area contributed by atoms with Crippen LogP contribution in [-0.2, 0) is 4.74 Å². The van der Waals surface area contributed by atoms with Crippen molar-refractivity contribution in [1.29, 1.82) is 0 Å². The third kappa shape index (κ3) is 3.37. The second-order valence-electron chi connectivity index (χ2n) is 5.75. The summed E-state index contributed by atoms with van der Waals surface area (Å²) < 4.78 is 5.44. The van der Waals surface area contributed by atoms with E-state index in [-0.39, 0.29) is 17.0 Å². The van der Waals surface area contributed by atoms with Gasteiger partial charge in [-0.2, -0.15) is 11.8 Å². The lowest BCUT2D eigenvalue weighted by Crippen LogP contribution is -2.59. The van der Waals surface area contributed by atoms with Crippen molar-refractivity contribution in [2.24, 2.45) is 0 Å². The molecule has 1 unspecified atom stereocenters. The van der Waals surface area contributed by atoms with Gasteiger partial charge in [0.25, 0.3) is 5.91 Å². The Labute approximate surface area is 133 Å². The third-order valence-electron chi connectivity index (χ3n) is 4.39. The zero-order valence-corrected chi connectivity index (χ0v) is 13.3. The molecular weight excluding hydrogens is 302 g/mol. The van der Waals surface area contributed by atoms with Crippen LogP contribution in [0, 0.1) is 0 Å². The molecule has 22 heavy (non-hydrogen) atoms. The summed E-state index contributed by atoms with van der Waals surface area (Å²) in [5, 5.41) is 3.04. The first kappa shape index (κ1) is 15.6. The molecule has 2 saturated heterocycles. The molecule has 3 heterocycles. The van der Waals surface area contributed by atoms with Gasteiger partial charge < -0.3 is 15.0 Å². The van der Waals surface area contributed by atoms with Gasteiger partial charge in [0, 0.05) is 43.2 Å². The highest BCUT2D eigenvalue weighted by atomic mass is 32.2. The van der Waals surface area contributed by atoms with Crippen molar-refractivity contribution in [3.8, 4) is 0 Å². The maximum Gasteiger partial charge on any atom is 0.252 e. The van der Waals surface area contributed by atoms with Crippen LogP contribution in [0.5, 0.6) is 0 Å². The Morgan fingerprint density at radius 2 is 2.23 bits per heavy atom. The summed E-state index contributed by atoms with van der Waals surface area (Å²) >= 11 is 1.94. The van der Waals surface area contributed by atoms with Gasteiger partial charge in [-0.05, 0) is 18.2 Å². The zero-order chi connectivity index (χ0) is 15.4. The van der Waals surface area contributed by atoms with Gasteiger partial charge in [0.1, 0.15) is 0 Å². The van der Waals surface area contributed by atoms with Crippen LogP contribution in [0.4, 0.5) is 0 Å². The second-order valence-corrected chi connectivity index (χ2v) is 6.86. The van der Waals surface area contributed by atoms with Crippen LogP contribution < -0.4 is 10.9 Å². The van der Waals surface area contributed by atoms with Crippen LogP contribution in [0.1, 0.15) is 16.8 Å². The van der Waals surface area contributed by atoms with Crippen LogP contribution in [0.25, 0.3) is 0 Å². The predicted molar refractivity (Wildman–Crippen MR) is 86.5 cm³/mol. The average molecular weight is 323 g/mol. The van der Waals surface area contributed by atoms with Gasteiger partial charge in [-0.15, -0.1) is 0 Å². The fourth-order valence-corrected chi connectivity index (χ4v) is 4.51. The van der Waals surface area contributed by atoms with E-state index in [1.165, 1.54) is 12.3 Å². The van der Waals surface area contributed by atoms with Gasteiger partial charge in [-0.3, -0.25) is 14.5 Å². The summed E-state index contributed by atoms with van der Waals surface area (Å²) in [5.41, 5.74) is 0.322. The number of nitrogens with zero attached hydrogens (tertiary/aromatic N) is 1. The van der Waals surface area contributed by atoms with Crippen molar-refractivity contribution in [3.05, 3.63) is 34.2 Å². The van der Waals surface area contributed by atoms with Crippen molar-refractivity contribution in [1.82, 2.24) is 15.2 Å². The van der Waals surface area contributed by atoms with E-state index in [0.717, 1.165) is 44.2 Å². The first-order chi connectivity index (χ1) is 10.7. The van der Waals surface area contributed by atoms with Crippen LogP contribution in [0.15, 0.2) is 23.1 Å². The monoisotopic (exact) mass is 323 g/mol. The number of amides is 1. The summed E-state index contributed by atoms with van der Waals surface area (Å²) in [6, 6.07) is 2.93. The number of carbonyl (C=O) groups excluding carboxylic acids is 1. The summed E-state index contributed by atoms with van der Waals surface area (Å²) in [6.45, 7) is 4.02. The van der Waals surface area contributed by atoms with Gasteiger partial charge in [-0.25, -0.2) is 0 Å². The Bertz CT molecular complexity index is 557. The molecule has 1 aromatic heterocycles. The minimum Gasteiger partial charge on any atom is -0.379 e. The number of aromatic amines is 1. The molecule has 0 saturated carbocycles. The molecule has 3 rings (SSSR count). The third-order valence-corrected chi connectivity index (χ3v) is 5.62. The summed E-state index contributed by atoms with van der Waals surface area (Å²) in [4.78, 5) is 28.3. The molecular formula is C15H21N3O3S. The van der Waals surface area contributed by atoms with Gasteiger partial charge in [0.05, 0.1) is 18.8 Å². The lowest BCUT2D eigenvalue weighted by atomic mass is 9.95. The van der Waals surface area contributed by atoms with Crippen LogP contribution in [0.3, 0.4) is 0 Å². The van der Waals surface area contributed by atoms with Gasteiger partial charge in [0.2, 0.25) is 5.56 Å². The molecule has 2 aliphatic rings. The number of morpholine rings is 1. The molecule has 7 heteroatoms. The molecule has 0 aliphatic carbocycles. The number of ether oxygens (including phenoxy) is 1. The Balaban J connectivity index is 1.65. The lowest BCUT2D eigenvalue weighted by molar-refractivity contribution is -0.0129. The van der Waals surface area contributed by atoms with Gasteiger partial charge >= 0.3 is 0 Å². The molecule has 0 spiro atoms. The lowest BCUT2D eigenvalue weighted by Gasteiger charge is -2.43. The number of carbonyl (C=O) groups is 1. The Kier molecular flexibility index (Phi) is 4.85. The van der Waals surface area contributed by atoms with E-state index in [2.05, 4.69) is 15.2 Å². The number of pyridine rings is 1. The second kappa shape index (κ2) is 6.85. The number of hydrogen-bond acceptors (Lipinski definition) is 5. The zero-order valence-electron chi connectivity index (χ0n) is 12.5. The van der Waals surface area contributed by atoms with E-state index in [4.69, 9.17) is 4.74 Å². The molecule has 6 nitrogen and oxygen atoms in total. The van der Waals surface area contributed by atoms with Gasteiger partial charge in [0.15, 0.2) is 0 Å². The van der Waals surface area contributed by atoms with Crippen molar-refractivity contribution in [3.63, 3.8) is 0 Å². The first-order valence-electron chi connectivity index (χ1n) is 7.57. The fraction of sp³-hybridized carbons (Fsp3) is 0.600. The molecule has 2 aliphatic heterocycles. The Morgan fingerprint density at radius 1 is 1.41 bits per heavy atom. The number of hydrogen-bond donors (Lipinski definition) is 2. The Hall–Kier alpha value is -1.31. The average Bonchev–Trinajstić information content (AvgIpc) is 3.04. The molecule has 1 atom stereocenters. The SMILES string of the molecule is O=C(NCC1(N2CCOCC2)CCSC1)c1ccc(=O)[nH]c1.